The number of thioether (sulfide) groups is 1. The largest absolute Gasteiger partial charge is 0.457 e. The number of hydrogen-bond donors (Lipinski definition) is 0. The van der Waals surface area contributed by atoms with Crippen LogP contribution in [0.4, 0.5) is 18.0 Å². The van der Waals surface area contributed by atoms with Crippen molar-refractivity contribution in [3.63, 3.8) is 0 Å². The fraction of sp³-hybridized carbons (Fsp3) is 0.0909. The van der Waals surface area contributed by atoms with Gasteiger partial charge in [0.2, 0.25) is 0 Å². The maximum Gasteiger partial charge on any atom is 0.416 e. The van der Waals surface area contributed by atoms with Gasteiger partial charge >= 0.3 is 6.18 Å². The van der Waals surface area contributed by atoms with Crippen molar-refractivity contribution in [3.8, 4) is 11.3 Å². The molecular weight excluding hydrogens is 495 g/mol. The molecule has 0 aliphatic carbocycles. The molecule has 0 spiro atoms. The number of alkyl halides is 3. The van der Waals surface area contributed by atoms with E-state index in [1.165, 1.54) is 30.3 Å². The molecule has 2 heterocycles. The van der Waals surface area contributed by atoms with Crippen molar-refractivity contribution in [1.29, 1.82) is 0 Å². The highest BCUT2D eigenvalue weighted by molar-refractivity contribution is 9.10. The molecule has 1 aliphatic rings. The van der Waals surface area contributed by atoms with Crippen LogP contribution >= 0.6 is 27.7 Å². The lowest BCUT2D eigenvalue weighted by atomic mass is 10.1. The lowest BCUT2D eigenvalue weighted by Gasteiger charge is -2.13. The number of nitrogens with zero attached hydrogens (tertiary/aromatic N) is 1. The molecule has 0 unspecified atom stereocenters. The number of amides is 2. The fourth-order valence-corrected chi connectivity index (χ4v) is 4.23. The Morgan fingerprint density at radius 2 is 1.81 bits per heavy atom. The highest BCUT2D eigenvalue weighted by Crippen LogP contribution is 2.36. The Morgan fingerprint density at radius 3 is 2.55 bits per heavy atom. The van der Waals surface area contributed by atoms with E-state index in [-0.39, 0.29) is 28.5 Å². The van der Waals surface area contributed by atoms with Crippen molar-refractivity contribution in [2.45, 2.75) is 12.7 Å². The molecule has 9 heteroatoms. The third kappa shape index (κ3) is 4.62. The van der Waals surface area contributed by atoms with E-state index >= 15 is 0 Å². The summed E-state index contributed by atoms with van der Waals surface area (Å²) in [4.78, 5) is 26.4. The molecule has 31 heavy (non-hydrogen) atoms. The van der Waals surface area contributed by atoms with Crippen LogP contribution in [0.1, 0.15) is 16.9 Å². The van der Waals surface area contributed by atoms with Crippen molar-refractivity contribution >= 4 is 44.9 Å². The molecule has 1 fully saturated rings. The van der Waals surface area contributed by atoms with Gasteiger partial charge in [-0.3, -0.25) is 14.5 Å². The van der Waals surface area contributed by atoms with Crippen molar-refractivity contribution in [3.05, 3.63) is 86.9 Å². The molecule has 4 rings (SSSR count). The first-order chi connectivity index (χ1) is 14.7. The van der Waals surface area contributed by atoms with E-state index in [2.05, 4.69) is 15.9 Å². The topological polar surface area (TPSA) is 50.5 Å². The molecule has 2 aromatic carbocycles. The van der Waals surface area contributed by atoms with Gasteiger partial charge in [-0.25, -0.2) is 0 Å². The predicted molar refractivity (Wildman–Crippen MR) is 115 cm³/mol. The summed E-state index contributed by atoms with van der Waals surface area (Å²) in [5.41, 5.74) is 0.267. The zero-order valence-electron chi connectivity index (χ0n) is 15.7. The van der Waals surface area contributed by atoms with Crippen LogP contribution in [-0.4, -0.2) is 16.0 Å². The van der Waals surface area contributed by atoms with Crippen molar-refractivity contribution in [2.75, 3.05) is 0 Å². The monoisotopic (exact) mass is 507 g/mol. The quantitative estimate of drug-likeness (QED) is 0.358. The first kappa shape index (κ1) is 21.5. The van der Waals surface area contributed by atoms with Crippen LogP contribution < -0.4 is 0 Å². The zero-order valence-corrected chi connectivity index (χ0v) is 18.1. The van der Waals surface area contributed by atoms with Crippen LogP contribution in [-0.2, 0) is 17.5 Å². The molecule has 2 amide bonds. The Kier molecular flexibility index (Phi) is 5.81. The van der Waals surface area contributed by atoms with Crippen molar-refractivity contribution < 1.29 is 27.2 Å². The molecule has 0 saturated carbocycles. The van der Waals surface area contributed by atoms with Gasteiger partial charge in [0.05, 0.1) is 17.0 Å². The van der Waals surface area contributed by atoms with Crippen LogP contribution in [0.3, 0.4) is 0 Å². The molecule has 1 aromatic heterocycles. The maximum absolute atomic E-state index is 12.9. The Balaban J connectivity index is 1.55. The second-order valence-electron chi connectivity index (χ2n) is 6.64. The van der Waals surface area contributed by atoms with E-state index in [0.29, 0.717) is 0 Å². The van der Waals surface area contributed by atoms with Gasteiger partial charge in [0.15, 0.2) is 0 Å². The number of furan rings is 1. The number of hydrogen-bond acceptors (Lipinski definition) is 4. The van der Waals surface area contributed by atoms with Gasteiger partial charge in [0.1, 0.15) is 11.5 Å². The van der Waals surface area contributed by atoms with E-state index in [4.69, 9.17) is 4.42 Å². The fourth-order valence-electron chi connectivity index (χ4n) is 3.00. The lowest BCUT2D eigenvalue weighted by Crippen LogP contribution is -2.27. The Hall–Kier alpha value is -2.78. The van der Waals surface area contributed by atoms with Crippen molar-refractivity contribution in [2.24, 2.45) is 0 Å². The Morgan fingerprint density at radius 1 is 1.03 bits per heavy atom. The molecule has 158 valence electrons. The summed E-state index contributed by atoms with van der Waals surface area (Å²) in [6, 6.07) is 15.1. The van der Waals surface area contributed by atoms with E-state index in [1.807, 2.05) is 24.3 Å². The van der Waals surface area contributed by atoms with Gasteiger partial charge in [-0.15, -0.1) is 0 Å². The minimum Gasteiger partial charge on any atom is -0.457 e. The van der Waals surface area contributed by atoms with Gasteiger partial charge in [0.25, 0.3) is 11.1 Å². The molecule has 4 nitrogen and oxygen atoms in total. The number of halogens is 4. The summed E-state index contributed by atoms with van der Waals surface area (Å²) in [7, 11) is 0. The molecule has 0 N–H and O–H groups in total. The SMILES string of the molecule is O=C1S/C(=C\c2ccc(-c3cccc(C(F)(F)F)c3)o2)C(=O)N1Cc1ccccc1Br. The summed E-state index contributed by atoms with van der Waals surface area (Å²) in [5, 5.41) is -0.406. The van der Waals surface area contributed by atoms with Crippen LogP contribution in [0.5, 0.6) is 0 Å². The Labute approximate surface area is 187 Å². The third-order valence-corrected chi connectivity index (χ3v) is 6.22. The average Bonchev–Trinajstić information content (AvgIpc) is 3.29. The van der Waals surface area contributed by atoms with E-state index in [0.717, 1.165) is 38.8 Å². The number of rotatable bonds is 4. The maximum atomic E-state index is 12.9. The predicted octanol–water partition coefficient (Wildman–Crippen LogP) is 6.96. The lowest BCUT2D eigenvalue weighted by molar-refractivity contribution is -0.137. The molecular formula is C22H13BrF3NO3S. The van der Waals surface area contributed by atoms with E-state index < -0.39 is 22.9 Å². The van der Waals surface area contributed by atoms with Crippen LogP contribution in [0.2, 0.25) is 0 Å². The van der Waals surface area contributed by atoms with Gasteiger partial charge in [0, 0.05) is 16.1 Å². The molecule has 0 radical (unpaired) electrons. The molecule has 0 atom stereocenters. The Bertz CT molecular complexity index is 1200. The molecule has 1 saturated heterocycles. The third-order valence-electron chi connectivity index (χ3n) is 4.53. The highest BCUT2D eigenvalue weighted by atomic mass is 79.9. The van der Waals surface area contributed by atoms with Crippen molar-refractivity contribution in [1.82, 2.24) is 4.90 Å². The zero-order chi connectivity index (χ0) is 22.2. The first-order valence-corrected chi connectivity index (χ1v) is 10.6. The summed E-state index contributed by atoms with van der Waals surface area (Å²) in [6.45, 7) is 0.122. The minimum atomic E-state index is -4.46. The smallest absolute Gasteiger partial charge is 0.416 e. The van der Waals surface area contributed by atoms with Gasteiger partial charge in [-0.1, -0.05) is 46.3 Å². The first-order valence-electron chi connectivity index (χ1n) is 8.98. The van der Waals surface area contributed by atoms with Gasteiger partial charge < -0.3 is 4.42 Å². The van der Waals surface area contributed by atoms with Crippen LogP contribution in [0.15, 0.2) is 74.5 Å². The van der Waals surface area contributed by atoms with E-state index in [1.54, 1.807) is 0 Å². The number of imide groups is 1. The minimum absolute atomic E-state index is 0.122. The second-order valence-corrected chi connectivity index (χ2v) is 8.49. The summed E-state index contributed by atoms with van der Waals surface area (Å²) in [5.74, 6) is 0.0337. The van der Waals surface area contributed by atoms with Gasteiger partial charge in [-0.2, -0.15) is 13.2 Å². The molecule has 0 bridgehead atoms. The number of carbonyl (C=O) groups is 2. The summed E-state index contributed by atoms with van der Waals surface area (Å²) >= 11 is 4.19. The highest BCUT2D eigenvalue weighted by Gasteiger charge is 2.35. The van der Waals surface area contributed by atoms with Crippen LogP contribution in [0.25, 0.3) is 17.4 Å². The standard InChI is InChI=1S/C22H13BrF3NO3S/c23-17-7-2-1-4-14(17)12-27-20(28)19(31-21(27)29)11-16-8-9-18(30-16)13-5-3-6-15(10-13)22(24,25)26/h1-11H,12H2/b19-11-. The molecule has 3 aromatic rings. The summed E-state index contributed by atoms with van der Waals surface area (Å²) < 4.78 is 45.2. The van der Waals surface area contributed by atoms with Gasteiger partial charge in [-0.05, 0) is 47.7 Å². The second kappa shape index (κ2) is 8.39. The normalized spacial score (nSPS) is 15.9. The summed E-state index contributed by atoms with van der Waals surface area (Å²) in [6.07, 6.45) is -3.04. The average molecular weight is 508 g/mol. The molecule has 1 aliphatic heterocycles. The number of carbonyl (C=O) groups excluding carboxylic acids is 2. The van der Waals surface area contributed by atoms with E-state index in [9.17, 15) is 22.8 Å². The number of benzene rings is 2. The van der Waals surface area contributed by atoms with Crippen LogP contribution in [0, 0.1) is 0 Å².